The summed E-state index contributed by atoms with van der Waals surface area (Å²) in [4.78, 5) is 0. The Morgan fingerprint density at radius 2 is 0.816 bits per heavy atom. The lowest BCUT2D eigenvalue weighted by atomic mass is 9.88. The number of fused-ring (bicyclic) bond motifs is 1. The highest BCUT2D eigenvalue weighted by atomic mass is 14.2. The Bertz CT molecular complexity index is 774. The summed E-state index contributed by atoms with van der Waals surface area (Å²) < 4.78 is 0. The van der Waals surface area contributed by atoms with Gasteiger partial charge in [0, 0.05) is 0 Å². The van der Waals surface area contributed by atoms with Crippen LogP contribution in [0, 0.1) is 5.92 Å². The van der Waals surface area contributed by atoms with Crippen molar-refractivity contribution in [3.63, 3.8) is 0 Å². The molecule has 2 aromatic carbocycles. The molecule has 0 heteroatoms. The Hall–Kier alpha value is -1.30. The molecule has 0 N–H and O–H groups in total. The summed E-state index contributed by atoms with van der Waals surface area (Å²) in [5.74, 6) is 0.869. The van der Waals surface area contributed by atoms with Crippen molar-refractivity contribution in [3.05, 3.63) is 48.0 Å². The summed E-state index contributed by atoms with van der Waals surface area (Å²) in [6, 6.07) is 16.1. The molecule has 0 bridgehead atoms. The summed E-state index contributed by atoms with van der Waals surface area (Å²) in [6.45, 7) is 4.62. The van der Waals surface area contributed by atoms with Crippen LogP contribution >= 0.6 is 0 Å². The summed E-state index contributed by atoms with van der Waals surface area (Å²) in [5.41, 5.74) is 1.56. The number of unbranched alkanes of at least 4 members (excludes halogenated alkanes) is 20. The molecule has 0 aromatic heterocycles. The van der Waals surface area contributed by atoms with Crippen LogP contribution in [0.2, 0.25) is 0 Å². The monoisotopic (exact) mass is 521 g/mol. The van der Waals surface area contributed by atoms with E-state index in [9.17, 15) is 0 Å². The minimum absolute atomic E-state index is 0.869. The Balaban J connectivity index is 1.63. The molecule has 0 heterocycles. The zero-order valence-electron chi connectivity index (χ0n) is 25.8. The summed E-state index contributed by atoms with van der Waals surface area (Å²) in [6.07, 6.45) is 35.9. The molecule has 2 aromatic rings. The fraction of sp³-hybridized carbons (Fsp3) is 0.737. The summed E-state index contributed by atoms with van der Waals surface area (Å²) >= 11 is 0. The number of hydrogen-bond acceptors (Lipinski definition) is 0. The lowest BCUT2D eigenvalue weighted by molar-refractivity contribution is 0.400. The predicted octanol–water partition coefficient (Wildman–Crippen LogP) is 13.4. The molecule has 0 amide bonds. The van der Waals surface area contributed by atoms with Crippen molar-refractivity contribution < 1.29 is 0 Å². The van der Waals surface area contributed by atoms with Gasteiger partial charge in [0.05, 0.1) is 0 Å². The van der Waals surface area contributed by atoms with E-state index in [2.05, 4.69) is 56.3 Å². The lowest BCUT2D eigenvalue weighted by Gasteiger charge is -2.18. The van der Waals surface area contributed by atoms with Gasteiger partial charge in [-0.15, -0.1) is 0 Å². The molecule has 0 fully saturated rings. The van der Waals surface area contributed by atoms with Crippen LogP contribution in [0.15, 0.2) is 42.5 Å². The summed E-state index contributed by atoms with van der Waals surface area (Å²) in [7, 11) is 0. The van der Waals surface area contributed by atoms with Crippen LogP contribution in [0.5, 0.6) is 0 Å². The minimum atomic E-state index is 0.869. The molecule has 0 radical (unpaired) electrons. The van der Waals surface area contributed by atoms with E-state index < -0.39 is 0 Å². The SMILES string of the molecule is CCCCCCCCCCCCCCC(CCCCCCCCCCCC)Cc1ccc2ccccc2c1. The number of rotatable bonds is 26. The van der Waals surface area contributed by atoms with Crippen molar-refractivity contribution in [2.45, 2.75) is 174 Å². The topological polar surface area (TPSA) is 0 Å². The smallest absolute Gasteiger partial charge is 0.0181 e. The van der Waals surface area contributed by atoms with Crippen LogP contribution in [0.1, 0.15) is 174 Å². The summed E-state index contributed by atoms with van der Waals surface area (Å²) in [5, 5.41) is 2.79. The molecular weight excluding hydrogens is 456 g/mol. The van der Waals surface area contributed by atoms with Crippen molar-refractivity contribution in [2.24, 2.45) is 5.92 Å². The Labute approximate surface area is 238 Å². The molecule has 0 spiro atoms. The fourth-order valence-electron chi connectivity index (χ4n) is 6.24. The first-order chi connectivity index (χ1) is 18.8. The van der Waals surface area contributed by atoms with Crippen molar-refractivity contribution in [1.82, 2.24) is 0 Å². The third kappa shape index (κ3) is 16.6. The van der Waals surface area contributed by atoms with Gasteiger partial charge in [0.25, 0.3) is 0 Å². The molecule has 0 aliphatic carbocycles. The molecule has 0 aliphatic heterocycles. The molecule has 216 valence electrons. The molecule has 38 heavy (non-hydrogen) atoms. The Morgan fingerprint density at radius 1 is 0.421 bits per heavy atom. The van der Waals surface area contributed by atoms with E-state index in [4.69, 9.17) is 0 Å². The van der Waals surface area contributed by atoms with Gasteiger partial charge in [0.2, 0.25) is 0 Å². The van der Waals surface area contributed by atoms with Crippen molar-refractivity contribution in [2.75, 3.05) is 0 Å². The van der Waals surface area contributed by atoms with Gasteiger partial charge in [-0.25, -0.2) is 0 Å². The van der Waals surface area contributed by atoms with Gasteiger partial charge in [-0.2, -0.15) is 0 Å². The number of hydrogen-bond donors (Lipinski definition) is 0. The van der Waals surface area contributed by atoms with Crippen LogP contribution in [-0.2, 0) is 6.42 Å². The molecule has 0 saturated carbocycles. The third-order valence-corrected chi connectivity index (χ3v) is 8.77. The highest BCUT2D eigenvalue weighted by Crippen LogP contribution is 2.25. The van der Waals surface area contributed by atoms with E-state index >= 15 is 0 Å². The van der Waals surface area contributed by atoms with Crippen LogP contribution in [0.3, 0.4) is 0 Å². The average molecular weight is 521 g/mol. The third-order valence-electron chi connectivity index (χ3n) is 8.77. The van der Waals surface area contributed by atoms with Gasteiger partial charge in [0.15, 0.2) is 0 Å². The molecule has 0 saturated heterocycles. The van der Waals surface area contributed by atoms with Crippen LogP contribution in [0.25, 0.3) is 10.8 Å². The van der Waals surface area contributed by atoms with Crippen LogP contribution < -0.4 is 0 Å². The van der Waals surface area contributed by atoms with E-state index in [1.165, 1.54) is 171 Å². The van der Waals surface area contributed by atoms with E-state index in [0.717, 1.165) is 5.92 Å². The normalized spacial score (nSPS) is 12.4. The standard InChI is InChI=1S/C38H64/c1-3-5-7-9-11-13-15-16-18-20-22-24-28-35(27-23-21-19-17-14-12-10-8-6-4-2)33-36-31-32-37-29-25-26-30-38(37)34-36/h25-26,29-32,34-35H,3-24,27-28,33H2,1-2H3. The van der Waals surface area contributed by atoms with E-state index in [1.807, 2.05) is 0 Å². The Morgan fingerprint density at radius 3 is 1.26 bits per heavy atom. The largest absolute Gasteiger partial charge is 0.0654 e. The molecule has 2 rings (SSSR count). The quantitative estimate of drug-likeness (QED) is 0.108. The predicted molar refractivity (Wildman–Crippen MR) is 173 cm³/mol. The van der Waals surface area contributed by atoms with Gasteiger partial charge in [0.1, 0.15) is 0 Å². The van der Waals surface area contributed by atoms with Gasteiger partial charge in [-0.05, 0) is 28.7 Å². The molecule has 0 nitrogen and oxygen atoms in total. The lowest BCUT2D eigenvalue weighted by Crippen LogP contribution is -2.05. The Kier molecular flexibility index (Phi) is 20.4. The van der Waals surface area contributed by atoms with Gasteiger partial charge < -0.3 is 0 Å². The van der Waals surface area contributed by atoms with E-state index in [-0.39, 0.29) is 0 Å². The minimum Gasteiger partial charge on any atom is -0.0654 e. The molecule has 0 aliphatic rings. The van der Waals surface area contributed by atoms with Crippen LogP contribution in [0.4, 0.5) is 0 Å². The second kappa shape index (κ2) is 23.6. The van der Waals surface area contributed by atoms with Gasteiger partial charge >= 0.3 is 0 Å². The highest BCUT2D eigenvalue weighted by molar-refractivity contribution is 5.82. The van der Waals surface area contributed by atoms with Gasteiger partial charge in [-0.1, -0.05) is 210 Å². The molecule has 1 atom stereocenters. The zero-order chi connectivity index (χ0) is 26.9. The second-order valence-electron chi connectivity index (χ2n) is 12.4. The zero-order valence-corrected chi connectivity index (χ0v) is 25.8. The van der Waals surface area contributed by atoms with Crippen molar-refractivity contribution >= 4 is 10.8 Å². The second-order valence-corrected chi connectivity index (χ2v) is 12.4. The average Bonchev–Trinajstić information content (AvgIpc) is 2.94. The maximum atomic E-state index is 2.46. The maximum absolute atomic E-state index is 2.46. The fourth-order valence-corrected chi connectivity index (χ4v) is 6.24. The van der Waals surface area contributed by atoms with Crippen molar-refractivity contribution in [3.8, 4) is 0 Å². The molecule has 1 unspecified atom stereocenters. The van der Waals surface area contributed by atoms with E-state index in [0.29, 0.717) is 0 Å². The van der Waals surface area contributed by atoms with Gasteiger partial charge in [-0.3, -0.25) is 0 Å². The first kappa shape index (κ1) is 32.9. The molecular formula is C38H64. The van der Waals surface area contributed by atoms with Crippen LogP contribution in [-0.4, -0.2) is 0 Å². The highest BCUT2D eigenvalue weighted by Gasteiger charge is 2.11. The van der Waals surface area contributed by atoms with Crippen molar-refractivity contribution in [1.29, 1.82) is 0 Å². The first-order valence-corrected chi connectivity index (χ1v) is 17.3. The maximum Gasteiger partial charge on any atom is -0.0181 e. The van der Waals surface area contributed by atoms with E-state index in [1.54, 1.807) is 5.56 Å². The number of benzene rings is 2. The first-order valence-electron chi connectivity index (χ1n) is 17.3.